The molecule has 1 aliphatic rings. The smallest absolute Gasteiger partial charge is 0.234 e. The Morgan fingerprint density at radius 3 is 2.85 bits per heavy atom. The number of amides is 1. The molecule has 1 fully saturated rings. The van der Waals surface area contributed by atoms with Crippen molar-refractivity contribution in [1.29, 1.82) is 0 Å². The number of carbonyl (C=O) groups is 1. The van der Waals surface area contributed by atoms with Gasteiger partial charge in [-0.2, -0.15) is 0 Å². The number of piperidine rings is 1. The van der Waals surface area contributed by atoms with Gasteiger partial charge in [-0.25, -0.2) is 0 Å². The zero-order valence-electron chi connectivity index (χ0n) is 11.5. The number of nitrogens with one attached hydrogen (secondary N) is 1. The first-order chi connectivity index (χ1) is 9.74. The van der Waals surface area contributed by atoms with Crippen LogP contribution in [0.15, 0.2) is 42.5 Å². The molecule has 0 bridgehead atoms. The van der Waals surface area contributed by atoms with Crippen LogP contribution in [0.4, 0.5) is 0 Å². The molecule has 20 heavy (non-hydrogen) atoms. The molecule has 3 N–H and O–H groups in total. The van der Waals surface area contributed by atoms with Crippen molar-refractivity contribution in [2.45, 2.75) is 25.3 Å². The SMILES string of the molecule is NC(=O)C1CC(Cc2cccc3ccccc23)CCN1. The van der Waals surface area contributed by atoms with Crippen molar-refractivity contribution in [3.63, 3.8) is 0 Å². The number of nitrogens with two attached hydrogens (primary N) is 1. The summed E-state index contributed by atoms with van der Waals surface area (Å²) in [6, 6.07) is 14.8. The fourth-order valence-electron chi connectivity index (χ4n) is 3.18. The van der Waals surface area contributed by atoms with Crippen molar-refractivity contribution in [2.75, 3.05) is 6.54 Å². The third-order valence-corrected chi connectivity index (χ3v) is 4.24. The fraction of sp³-hybridized carbons (Fsp3) is 0.353. The van der Waals surface area contributed by atoms with Crippen LogP contribution in [0.25, 0.3) is 10.8 Å². The Bertz CT molecular complexity index is 618. The second-order valence-electron chi connectivity index (χ2n) is 5.64. The van der Waals surface area contributed by atoms with E-state index in [9.17, 15) is 4.79 Å². The molecule has 1 heterocycles. The second kappa shape index (κ2) is 5.63. The summed E-state index contributed by atoms with van der Waals surface area (Å²) in [6.07, 6.45) is 2.97. The van der Waals surface area contributed by atoms with E-state index in [0.29, 0.717) is 5.92 Å². The lowest BCUT2D eigenvalue weighted by Gasteiger charge is -2.28. The van der Waals surface area contributed by atoms with Gasteiger partial charge in [-0.3, -0.25) is 4.79 Å². The summed E-state index contributed by atoms with van der Waals surface area (Å²) in [5, 5.41) is 5.80. The highest BCUT2D eigenvalue weighted by atomic mass is 16.1. The summed E-state index contributed by atoms with van der Waals surface area (Å²) >= 11 is 0. The monoisotopic (exact) mass is 268 g/mol. The third-order valence-electron chi connectivity index (χ3n) is 4.24. The molecule has 2 unspecified atom stereocenters. The van der Waals surface area contributed by atoms with E-state index >= 15 is 0 Å². The van der Waals surface area contributed by atoms with Crippen molar-refractivity contribution < 1.29 is 4.79 Å². The number of primary amides is 1. The summed E-state index contributed by atoms with van der Waals surface area (Å²) in [6.45, 7) is 0.878. The molecule has 1 amide bonds. The number of benzene rings is 2. The Kier molecular flexibility index (Phi) is 3.70. The van der Waals surface area contributed by atoms with Crippen LogP contribution in [0.5, 0.6) is 0 Å². The van der Waals surface area contributed by atoms with E-state index in [0.717, 1.165) is 25.8 Å². The van der Waals surface area contributed by atoms with E-state index in [-0.39, 0.29) is 11.9 Å². The highest BCUT2D eigenvalue weighted by Crippen LogP contribution is 2.26. The van der Waals surface area contributed by atoms with E-state index in [2.05, 4.69) is 47.8 Å². The number of fused-ring (bicyclic) bond motifs is 1. The topological polar surface area (TPSA) is 55.1 Å². The van der Waals surface area contributed by atoms with Crippen LogP contribution in [-0.2, 0) is 11.2 Å². The number of hydrogen-bond acceptors (Lipinski definition) is 2. The first kappa shape index (κ1) is 13.1. The molecule has 0 saturated carbocycles. The minimum absolute atomic E-state index is 0.163. The second-order valence-corrected chi connectivity index (χ2v) is 5.64. The third kappa shape index (κ3) is 2.68. The van der Waals surface area contributed by atoms with E-state index < -0.39 is 0 Å². The summed E-state index contributed by atoms with van der Waals surface area (Å²) in [5.41, 5.74) is 6.79. The minimum atomic E-state index is -0.229. The quantitative estimate of drug-likeness (QED) is 0.897. The molecular formula is C17H20N2O. The lowest BCUT2D eigenvalue weighted by Crippen LogP contribution is -2.47. The molecule has 2 atom stereocenters. The maximum atomic E-state index is 11.3. The molecule has 0 spiro atoms. The van der Waals surface area contributed by atoms with E-state index in [1.54, 1.807) is 0 Å². The Morgan fingerprint density at radius 1 is 1.20 bits per heavy atom. The lowest BCUT2D eigenvalue weighted by atomic mass is 9.85. The Labute approximate surface area is 119 Å². The Balaban J connectivity index is 1.81. The average Bonchev–Trinajstić information content (AvgIpc) is 2.48. The van der Waals surface area contributed by atoms with Gasteiger partial charge >= 0.3 is 0 Å². The fourth-order valence-corrected chi connectivity index (χ4v) is 3.18. The molecule has 1 aliphatic heterocycles. The van der Waals surface area contributed by atoms with Gasteiger partial charge in [0.1, 0.15) is 0 Å². The van der Waals surface area contributed by atoms with E-state index in [1.165, 1.54) is 16.3 Å². The van der Waals surface area contributed by atoms with Crippen LogP contribution in [0.1, 0.15) is 18.4 Å². The molecule has 3 rings (SSSR count). The van der Waals surface area contributed by atoms with Gasteiger partial charge in [0.15, 0.2) is 0 Å². The van der Waals surface area contributed by atoms with Crippen LogP contribution in [0.3, 0.4) is 0 Å². The zero-order chi connectivity index (χ0) is 13.9. The molecule has 3 heteroatoms. The predicted octanol–water partition coefficient (Wildman–Crippen LogP) is 2.24. The van der Waals surface area contributed by atoms with Crippen LogP contribution in [-0.4, -0.2) is 18.5 Å². The number of carbonyl (C=O) groups excluding carboxylic acids is 1. The van der Waals surface area contributed by atoms with Crippen LogP contribution in [0, 0.1) is 5.92 Å². The maximum absolute atomic E-state index is 11.3. The van der Waals surface area contributed by atoms with Crippen LogP contribution in [0.2, 0.25) is 0 Å². The Morgan fingerprint density at radius 2 is 2.00 bits per heavy atom. The standard InChI is InChI=1S/C17H20N2O/c18-17(20)16-11-12(8-9-19-16)10-14-6-3-5-13-4-1-2-7-15(13)14/h1-7,12,16,19H,8-11H2,(H2,18,20). The lowest BCUT2D eigenvalue weighted by molar-refractivity contribution is -0.120. The van der Waals surface area contributed by atoms with Crippen LogP contribution >= 0.6 is 0 Å². The van der Waals surface area contributed by atoms with Gasteiger partial charge < -0.3 is 11.1 Å². The first-order valence-electron chi connectivity index (χ1n) is 7.23. The van der Waals surface area contributed by atoms with Gasteiger partial charge in [0.2, 0.25) is 5.91 Å². The summed E-state index contributed by atoms with van der Waals surface area (Å²) in [5.74, 6) is 0.298. The number of hydrogen-bond donors (Lipinski definition) is 2. The van der Waals surface area contributed by atoms with Gasteiger partial charge in [-0.1, -0.05) is 42.5 Å². The van der Waals surface area contributed by atoms with Gasteiger partial charge in [0.05, 0.1) is 6.04 Å². The molecule has 0 aromatic heterocycles. The predicted molar refractivity (Wildman–Crippen MR) is 81.4 cm³/mol. The summed E-state index contributed by atoms with van der Waals surface area (Å²) in [4.78, 5) is 11.3. The van der Waals surface area contributed by atoms with Crippen LogP contribution < -0.4 is 11.1 Å². The van der Waals surface area contributed by atoms with Crippen molar-refractivity contribution in [2.24, 2.45) is 11.7 Å². The molecule has 0 aliphatic carbocycles. The zero-order valence-corrected chi connectivity index (χ0v) is 11.5. The summed E-state index contributed by atoms with van der Waals surface area (Å²) in [7, 11) is 0. The largest absolute Gasteiger partial charge is 0.368 e. The average molecular weight is 268 g/mol. The van der Waals surface area contributed by atoms with Crippen molar-refractivity contribution >= 4 is 16.7 Å². The van der Waals surface area contributed by atoms with Gasteiger partial charge in [0, 0.05) is 0 Å². The van der Waals surface area contributed by atoms with Crippen molar-refractivity contribution in [3.05, 3.63) is 48.0 Å². The van der Waals surface area contributed by atoms with Gasteiger partial charge in [0.25, 0.3) is 0 Å². The number of rotatable bonds is 3. The maximum Gasteiger partial charge on any atom is 0.234 e. The van der Waals surface area contributed by atoms with E-state index in [1.807, 2.05) is 0 Å². The molecule has 2 aromatic rings. The first-order valence-corrected chi connectivity index (χ1v) is 7.23. The van der Waals surface area contributed by atoms with Crippen molar-refractivity contribution in [1.82, 2.24) is 5.32 Å². The summed E-state index contributed by atoms with van der Waals surface area (Å²) < 4.78 is 0. The molecule has 2 aromatic carbocycles. The highest BCUT2D eigenvalue weighted by Gasteiger charge is 2.25. The van der Waals surface area contributed by atoms with Crippen molar-refractivity contribution in [3.8, 4) is 0 Å². The normalized spacial score (nSPS) is 22.8. The molecule has 0 radical (unpaired) electrons. The minimum Gasteiger partial charge on any atom is -0.368 e. The molecule has 104 valence electrons. The van der Waals surface area contributed by atoms with Gasteiger partial charge in [-0.15, -0.1) is 0 Å². The Hall–Kier alpha value is -1.87. The molecule has 3 nitrogen and oxygen atoms in total. The molecule has 1 saturated heterocycles. The highest BCUT2D eigenvalue weighted by molar-refractivity contribution is 5.85. The van der Waals surface area contributed by atoms with Gasteiger partial charge in [-0.05, 0) is 48.1 Å². The molecular weight excluding hydrogens is 248 g/mol. The van der Waals surface area contributed by atoms with E-state index in [4.69, 9.17) is 5.73 Å².